The van der Waals surface area contributed by atoms with E-state index in [1.165, 1.54) is 10.6 Å². The molecule has 15 heavy (non-hydrogen) atoms. The van der Waals surface area contributed by atoms with Crippen LogP contribution < -0.4 is 0 Å². The van der Waals surface area contributed by atoms with E-state index in [-0.39, 0.29) is 11.1 Å². The highest BCUT2D eigenvalue weighted by molar-refractivity contribution is 8.76. The Kier molecular flexibility index (Phi) is 4.20. The molecule has 88 valence electrons. The summed E-state index contributed by atoms with van der Waals surface area (Å²) < 4.78 is 0. The molecule has 0 radical (unpaired) electrons. The molecule has 0 amide bonds. The molecule has 0 aromatic carbocycles. The zero-order valence-electron chi connectivity index (χ0n) is 10.2. The first-order chi connectivity index (χ1) is 6.82. The van der Waals surface area contributed by atoms with Crippen LogP contribution in [0.2, 0.25) is 0 Å². The van der Waals surface area contributed by atoms with Crippen LogP contribution in [0.1, 0.15) is 34.6 Å². The topological polar surface area (TPSA) is 26.3 Å². The van der Waals surface area contributed by atoms with Gasteiger partial charge in [-0.05, 0) is 33.3 Å². The Labute approximate surface area is 101 Å². The van der Waals surface area contributed by atoms with Crippen LogP contribution in [0.4, 0.5) is 0 Å². The summed E-state index contributed by atoms with van der Waals surface area (Å²) in [6.45, 7) is 10.1. The fourth-order valence-electron chi connectivity index (χ4n) is 1.92. The Morgan fingerprint density at radius 3 is 2.27 bits per heavy atom. The minimum atomic E-state index is -0.351. The maximum absolute atomic E-state index is 12.0. The molecule has 0 fully saturated rings. The van der Waals surface area contributed by atoms with Crippen LogP contribution >= 0.6 is 21.6 Å². The van der Waals surface area contributed by atoms with Crippen LogP contribution in [0.3, 0.4) is 0 Å². The molecule has 0 N–H and O–H groups in total. The van der Waals surface area contributed by atoms with E-state index in [0.29, 0.717) is 0 Å². The second-order valence-electron chi connectivity index (χ2n) is 4.85. The van der Waals surface area contributed by atoms with Crippen molar-refractivity contribution in [3.63, 3.8) is 0 Å². The lowest BCUT2D eigenvalue weighted by atomic mass is 9.98. The molecule has 1 aliphatic rings. The van der Waals surface area contributed by atoms with E-state index < -0.39 is 0 Å². The van der Waals surface area contributed by atoms with Crippen molar-refractivity contribution in [2.45, 2.75) is 45.7 Å². The quantitative estimate of drug-likeness (QED) is 0.429. The number of hydrogen-bond donors (Lipinski definition) is 0. The van der Waals surface area contributed by atoms with Gasteiger partial charge in [0, 0.05) is 22.6 Å². The van der Waals surface area contributed by atoms with Gasteiger partial charge < -0.3 is 10.3 Å². The Morgan fingerprint density at radius 2 is 1.87 bits per heavy atom. The average molecular weight is 246 g/mol. The minimum absolute atomic E-state index is 0.342. The third kappa shape index (κ3) is 2.73. The molecule has 0 atom stereocenters. The molecule has 1 heterocycles. The van der Waals surface area contributed by atoms with Gasteiger partial charge in [0.1, 0.15) is 0 Å². The average Bonchev–Trinajstić information content (AvgIpc) is 2.28. The zero-order valence-corrected chi connectivity index (χ0v) is 11.8. The Morgan fingerprint density at radius 1 is 1.27 bits per heavy atom. The van der Waals surface area contributed by atoms with Gasteiger partial charge in [0.05, 0.1) is 0 Å². The maximum Gasteiger partial charge on any atom is 0.0266 e. The first kappa shape index (κ1) is 13.4. The van der Waals surface area contributed by atoms with E-state index in [2.05, 4.69) is 13.0 Å². The Hall–Kier alpha value is 0.360. The number of nitrogens with zero attached hydrogens (tertiary/aromatic N) is 1. The standard InChI is InChI=1S/C11H20NOS2/c1-6-14-15-8-9-7-10(2,3)12(13)11(9,4)5/h7H,6,8H2,1-5H3/q-1. The van der Waals surface area contributed by atoms with Crippen molar-refractivity contribution in [2.24, 2.45) is 0 Å². The Balaban J connectivity index is 2.71. The first-order valence-corrected chi connectivity index (χ1v) is 7.75. The summed E-state index contributed by atoms with van der Waals surface area (Å²) >= 11 is 0. The minimum Gasteiger partial charge on any atom is -0.784 e. The van der Waals surface area contributed by atoms with E-state index >= 15 is 0 Å². The molecule has 1 aliphatic heterocycles. The van der Waals surface area contributed by atoms with Crippen molar-refractivity contribution in [2.75, 3.05) is 11.5 Å². The second kappa shape index (κ2) is 4.70. The van der Waals surface area contributed by atoms with Gasteiger partial charge in [0.15, 0.2) is 0 Å². The summed E-state index contributed by atoms with van der Waals surface area (Å²) in [5, 5.41) is 13.3. The van der Waals surface area contributed by atoms with Crippen molar-refractivity contribution in [3.8, 4) is 0 Å². The lowest BCUT2D eigenvalue weighted by molar-refractivity contribution is 0.159. The molecular weight excluding hydrogens is 226 g/mol. The first-order valence-electron chi connectivity index (χ1n) is 5.26. The highest BCUT2D eigenvalue weighted by Gasteiger charge is 2.39. The molecule has 0 aliphatic carbocycles. The smallest absolute Gasteiger partial charge is 0.0266 e. The second-order valence-corrected chi connectivity index (χ2v) is 7.60. The monoisotopic (exact) mass is 246 g/mol. The summed E-state index contributed by atoms with van der Waals surface area (Å²) in [7, 11) is 3.69. The molecule has 0 bridgehead atoms. The summed E-state index contributed by atoms with van der Waals surface area (Å²) in [6.07, 6.45) is 2.13. The molecule has 0 unspecified atom stereocenters. The van der Waals surface area contributed by atoms with Gasteiger partial charge in [0.25, 0.3) is 0 Å². The molecule has 0 saturated carbocycles. The van der Waals surface area contributed by atoms with Gasteiger partial charge >= 0.3 is 0 Å². The Bertz CT molecular complexity index is 261. The van der Waals surface area contributed by atoms with Gasteiger partial charge in [-0.3, -0.25) is 0 Å². The van der Waals surface area contributed by atoms with Crippen LogP contribution in [-0.2, 0) is 0 Å². The zero-order chi connectivity index (χ0) is 11.7. The third-order valence-electron chi connectivity index (χ3n) is 2.76. The molecule has 0 saturated heterocycles. The van der Waals surface area contributed by atoms with Crippen molar-refractivity contribution >= 4 is 21.6 Å². The summed E-state index contributed by atoms with van der Waals surface area (Å²) in [6, 6.07) is 0. The third-order valence-corrected chi connectivity index (χ3v) is 5.15. The number of hydrogen-bond acceptors (Lipinski definition) is 4. The number of hydroxylamine groups is 2. The van der Waals surface area contributed by atoms with Gasteiger partial charge in [-0.2, -0.15) is 0 Å². The lowest BCUT2D eigenvalue weighted by Gasteiger charge is -2.47. The van der Waals surface area contributed by atoms with Crippen LogP contribution in [-0.4, -0.2) is 27.6 Å². The normalized spacial score (nSPS) is 24.3. The van der Waals surface area contributed by atoms with Crippen LogP contribution in [0, 0.1) is 5.21 Å². The lowest BCUT2D eigenvalue weighted by Crippen LogP contribution is -2.46. The molecule has 0 aromatic heterocycles. The summed E-state index contributed by atoms with van der Waals surface area (Å²) in [4.78, 5) is 0. The van der Waals surface area contributed by atoms with E-state index in [4.69, 9.17) is 0 Å². The predicted molar refractivity (Wildman–Crippen MR) is 72.0 cm³/mol. The van der Waals surface area contributed by atoms with Crippen LogP contribution in [0.25, 0.3) is 0 Å². The van der Waals surface area contributed by atoms with Gasteiger partial charge in [-0.15, -0.1) is 0 Å². The van der Waals surface area contributed by atoms with E-state index in [0.717, 1.165) is 11.5 Å². The highest BCUT2D eigenvalue weighted by atomic mass is 33.1. The predicted octanol–water partition coefficient (Wildman–Crippen LogP) is 3.68. The van der Waals surface area contributed by atoms with Crippen molar-refractivity contribution in [1.29, 1.82) is 0 Å². The van der Waals surface area contributed by atoms with Gasteiger partial charge in [0.2, 0.25) is 0 Å². The molecule has 4 heteroatoms. The van der Waals surface area contributed by atoms with Crippen molar-refractivity contribution in [3.05, 3.63) is 16.9 Å². The van der Waals surface area contributed by atoms with Gasteiger partial charge in [-0.1, -0.05) is 34.6 Å². The number of rotatable bonds is 4. The van der Waals surface area contributed by atoms with Gasteiger partial charge in [-0.25, -0.2) is 0 Å². The van der Waals surface area contributed by atoms with E-state index in [1.807, 2.05) is 49.3 Å². The van der Waals surface area contributed by atoms with E-state index in [9.17, 15) is 5.21 Å². The summed E-state index contributed by atoms with van der Waals surface area (Å²) in [5.74, 6) is 2.07. The fourth-order valence-corrected chi connectivity index (χ4v) is 3.86. The maximum atomic E-state index is 12.0. The van der Waals surface area contributed by atoms with E-state index in [1.54, 1.807) is 0 Å². The summed E-state index contributed by atoms with van der Waals surface area (Å²) in [5.41, 5.74) is 0.564. The fraction of sp³-hybridized carbons (Fsp3) is 0.818. The van der Waals surface area contributed by atoms with Crippen LogP contribution in [0.15, 0.2) is 11.6 Å². The molecule has 0 aromatic rings. The molecule has 1 rings (SSSR count). The van der Waals surface area contributed by atoms with Crippen LogP contribution in [0.5, 0.6) is 0 Å². The molecule has 0 spiro atoms. The molecule has 2 nitrogen and oxygen atoms in total. The molecular formula is C11H20NOS2-. The highest BCUT2D eigenvalue weighted by Crippen LogP contribution is 2.41. The van der Waals surface area contributed by atoms with Crippen molar-refractivity contribution < 1.29 is 0 Å². The largest absolute Gasteiger partial charge is 0.784 e. The van der Waals surface area contributed by atoms with Crippen molar-refractivity contribution in [1.82, 2.24) is 5.06 Å². The SMILES string of the molecule is CCSSCC1=CC(C)(C)N([O-])C1(C)C.